The predicted molar refractivity (Wildman–Crippen MR) is 90.0 cm³/mol. The highest BCUT2D eigenvalue weighted by atomic mass is 35.5. The van der Waals surface area contributed by atoms with Crippen molar-refractivity contribution in [1.82, 2.24) is 10.2 Å². The maximum absolute atomic E-state index is 6.10. The average molecular weight is 349 g/mol. The Kier molecular flexibility index (Phi) is 4.55. The third-order valence-electron chi connectivity index (χ3n) is 3.25. The van der Waals surface area contributed by atoms with E-state index in [1.165, 1.54) is 0 Å². The third kappa shape index (κ3) is 3.66. The molecule has 0 fully saturated rings. The lowest BCUT2D eigenvalue weighted by molar-refractivity contribution is 0.190. The van der Waals surface area contributed by atoms with Crippen LogP contribution in [0, 0.1) is 6.92 Å². The zero-order valence-corrected chi connectivity index (χ0v) is 14.1. The molecule has 0 aliphatic rings. The normalized spacial score (nSPS) is 12.2. The van der Waals surface area contributed by atoms with Crippen LogP contribution < -0.4 is 4.74 Å². The molecule has 3 aromatic rings. The molecule has 23 heavy (non-hydrogen) atoms. The standard InChI is InChI=1S/C17H14Cl2N2O2/c1-10-4-3-5-12(8-10)17-21-20-16(23-17)11(2)22-15-9-13(18)6-7-14(15)19/h3-9,11H,1-2H3. The molecule has 0 N–H and O–H groups in total. The zero-order chi connectivity index (χ0) is 16.4. The van der Waals surface area contributed by atoms with Gasteiger partial charge in [0.05, 0.1) is 5.02 Å². The fourth-order valence-electron chi connectivity index (χ4n) is 2.10. The van der Waals surface area contributed by atoms with E-state index < -0.39 is 6.10 Å². The van der Waals surface area contributed by atoms with Crippen molar-refractivity contribution in [2.45, 2.75) is 20.0 Å². The number of hydrogen-bond acceptors (Lipinski definition) is 4. The molecule has 0 spiro atoms. The van der Waals surface area contributed by atoms with E-state index in [2.05, 4.69) is 10.2 Å². The molecule has 118 valence electrons. The van der Waals surface area contributed by atoms with Crippen LogP contribution in [0.5, 0.6) is 5.75 Å². The van der Waals surface area contributed by atoms with E-state index in [0.29, 0.717) is 27.6 Å². The summed E-state index contributed by atoms with van der Waals surface area (Å²) in [7, 11) is 0. The fourth-order valence-corrected chi connectivity index (χ4v) is 2.43. The van der Waals surface area contributed by atoms with Crippen LogP contribution in [0.1, 0.15) is 24.5 Å². The number of aryl methyl sites for hydroxylation is 1. The molecule has 6 heteroatoms. The Balaban J connectivity index is 1.81. The van der Waals surface area contributed by atoms with Gasteiger partial charge in [0, 0.05) is 16.7 Å². The number of hydrogen-bond donors (Lipinski definition) is 0. The molecule has 0 bridgehead atoms. The molecule has 0 aliphatic heterocycles. The molecule has 0 radical (unpaired) electrons. The van der Waals surface area contributed by atoms with E-state index in [1.54, 1.807) is 18.2 Å². The van der Waals surface area contributed by atoms with E-state index in [0.717, 1.165) is 11.1 Å². The van der Waals surface area contributed by atoms with Crippen LogP contribution >= 0.6 is 23.2 Å². The summed E-state index contributed by atoms with van der Waals surface area (Å²) >= 11 is 12.1. The molecule has 1 unspecified atom stereocenters. The van der Waals surface area contributed by atoms with Gasteiger partial charge in [-0.25, -0.2) is 0 Å². The van der Waals surface area contributed by atoms with Gasteiger partial charge in [-0.15, -0.1) is 10.2 Å². The summed E-state index contributed by atoms with van der Waals surface area (Å²) in [5.41, 5.74) is 1.99. The second-order valence-electron chi connectivity index (χ2n) is 5.15. The first kappa shape index (κ1) is 15.8. The first-order valence-electron chi connectivity index (χ1n) is 7.05. The molecule has 0 amide bonds. The van der Waals surface area contributed by atoms with Gasteiger partial charge in [-0.1, -0.05) is 40.9 Å². The van der Waals surface area contributed by atoms with Gasteiger partial charge in [-0.05, 0) is 38.1 Å². The van der Waals surface area contributed by atoms with Crippen molar-refractivity contribution in [2.75, 3.05) is 0 Å². The number of benzene rings is 2. The van der Waals surface area contributed by atoms with Gasteiger partial charge in [0.1, 0.15) is 5.75 Å². The number of nitrogens with zero attached hydrogens (tertiary/aromatic N) is 2. The molecule has 3 rings (SSSR count). The number of ether oxygens (including phenoxy) is 1. The Bertz CT molecular complexity index is 833. The van der Waals surface area contributed by atoms with Gasteiger partial charge < -0.3 is 9.15 Å². The van der Waals surface area contributed by atoms with E-state index in [-0.39, 0.29) is 0 Å². The van der Waals surface area contributed by atoms with Crippen LogP contribution in [0.2, 0.25) is 10.0 Å². The molecule has 0 saturated heterocycles. The van der Waals surface area contributed by atoms with Crippen LogP contribution in [0.15, 0.2) is 46.9 Å². The molecule has 2 aromatic carbocycles. The molecular formula is C17H14Cl2N2O2. The lowest BCUT2D eigenvalue weighted by Gasteiger charge is -2.12. The first-order chi connectivity index (χ1) is 11.0. The van der Waals surface area contributed by atoms with Gasteiger partial charge in [0.2, 0.25) is 5.89 Å². The summed E-state index contributed by atoms with van der Waals surface area (Å²) in [4.78, 5) is 0. The van der Waals surface area contributed by atoms with Crippen molar-refractivity contribution in [2.24, 2.45) is 0 Å². The zero-order valence-electron chi connectivity index (χ0n) is 12.6. The topological polar surface area (TPSA) is 48.2 Å². The highest BCUT2D eigenvalue weighted by molar-refractivity contribution is 6.34. The van der Waals surface area contributed by atoms with Crippen molar-refractivity contribution in [1.29, 1.82) is 0 Å². The molecule has 0 aliphatic carbocycles. The number of aromatic nitrogens is 2. The highest BCUT2D eigenvalue weighted by Crippen LogP contribution is 2.32. The Morgan fingerprint density at radius 2 is 1.91 bits per heavy atom. The SMILES string of the molecule is Cc1cccc(-c2nnc(C(C)Oc3cc(Cl)ccc3Cl)o2)c1. The van der Waals surface area contributed by atoms with Gasteiger partial charge in [-0.2, -0.15) is 0 Å². The quantitative estimate of drug-likeness (QED) is 0.625. The van der Waals surface area contributed by atoms with E-state index in [9.17, 15) is 0 Å². The summed E-state index contributed by atoms with van der Waals surface area (Å²) in [5.74, 6) is 1.30. The monoisotopic (exact) mass is 348 g/mol. The third-order valence-corrected chi connectivity index (χ3v) is 3.80. The summed E-state index contributed by atoms with van der Waals surface area (Å²) in [6.45, 7) is 3.82. The maximum Gasteiger partial charge on any atom is 0.257 e. The minimum atomic E-state index is -0.447. The van der Waals surface area contributed by atoms with Gasteiger partial charge >= 0.3 is 0 Å². The van der Waals surface area contributed by atoms with Crippen molar-refractivity contribution in [3.8, 4) is 17.2 Å². The van der Waals surface area contributed by atoms with Gasteiger partial charge in [0.15, 0.2) is 6.10 Å². The lowest BCUT2D eigenvalue weighted by atomic mass is 10.1. The fraction of sp³-hybridized carbons (Fsp3) is 0.176. The van der Waals surface area contributed by atoms with Crippen molar-refractivity contribution in [3.05, 3.63) is 64.0 Å². The largest absolute Gasteiger partial charge is 0.479 e. The van der Waals surface area contributed by atoms with Gasteiger partial charge in [-0.3, -0.25) is 0 Å². The summed E-state index contributed by atoms with van der Waals surface area (Å²) in [6, 6.07) is 12.9. The van der Waals surface area contributed by atoms with Crippen LogP contribution in [0.3, 0.4) is 0 Å². The lowest BCUT2D eigenvalue weighted by Crippen LogP contribution is -2.03. The first-order valence-corrected chi connectivity index (χ1v) is 7.80. The molecule has 4 nitrogen and oxygen atoms in total. The Morgan fingerprint density at radius 1 is 1.09 bits per heavy atom. The maximum atomic E-state index is 6.10. The van der Waals surface area contributed by atoms with Crippen LogP contribution in [-0.4, -0.2) is 10.2 Å². The molecule has 1 heterocycles. The van der Waals surface area contributed by atoms with Gasteiger partial charge in [0.25, 0.3) is 5.89 Å². The minimum Gasteiger partial charge on any atom is -0.479 e. The Hall–Kier alpha value is -2.04. The minimum absolute atomic E-state index is 0.373. The predicted octanol–water partition coefficient (Wildman–Crippen LogP) is 5.49. The molecular weight excluding hydrogens is 335 g/mol. The van der Waals surface area contributed by atoms with Crippen molar-refractivity contribution >= 4 is 23.2 Å². The molecule has 0 saturated carbocycles. The van der Waals surface area contributed by atoms with Crippen LogP contribution in [0.4, 0.5) is 0 Å². The second-order valence-corrected chi connectivity index (χ2v) is 5.99. The highest BCUT2D eigenvalue weighted by Gasteiger charge is 2.18. The summed E-state index contributed by atoms with van der Waals surface area (Å²) in [6.07, 6.45) is -0.447. The van der Waals surface area contributed by atoms with E-state index in [1.807, 2.05) is 38.1 Å². The second kappa shape index (κ2) is 6.60. The van der Waals surface area contributed by atoms with Crippen molar-refractivity contribution in [3.63, 3.8) is 0 Å². The Morgan fingerprint density at radius 3 is 2.70 bits per heavy atom. The van der Waals surface area contributed by atoms with Crippen LogP contribution in [-0.2, 0) is 0 Å². The van der Waals surface area contributed by atoms with Crippen LogP contribution in [0.25, 0.3) is 11.5 Å². The smallest absolute Gasteiger partial charge is 0.257 e. The molecule has 1 atom stereocenters. The van der Waals surface area contributed by atoms with Crippen molar-refractivity contribution < 1.29 is 9.15 Å². The number of halogens is 2. The van der Waals surface area contributed by atoms with E-state index >= 15 is 0 Å². The average Bonchev–Trinajstić information content (AvgIpc) is 3.01. The summed E-state index contributed by atoms with van der Waals surface area (Å²) < 4.78 is 11.5. The van der Waals surface area contributed by atoms with E-state index in [4.69, 9.17) is 32.4 Å². The Labute approximate surface area is 144 Å². The molecule has 1 aromatic heterocycles. The summed E-state index contributed by atoms with van der Waals surface area (Å²) in [5, 5.41) is 9.14. The number of rotatable bonds is 4.